The number of aliphatic hydroxyl groups excluding tert-OH is 1. The first-order chi connectivity index (χ1) is 8.01. The van der Waals surface area contributed by atoms with E-state index >= 15 is 0 Å². The van der Waals surface area contributed by atoms with Crippen LogP contribution in [0.2, 0.25) is 0 Å². The van der Waals surface area contributed by atoms with Crippen LogP contribution in [-0.2, 0) is 6.54 Å². The van der Waals surface area contributed by atoms with Gasteiger partial charge in [-0.1, -0.05) is 29.8 Å². The molecule has 17 heavy (non-hydrogen) atoms. The lowest BCUT2D eigenvalue weighted by molar-refractivity contribution is 0.223. The summed E-state index contributed by atoms with van der Waals surface area (Å²) in [6.07, 6.45) is 0.910. The van der Waals surface area contributed by atoms with Gasteiger partial charge < -0.3 is 10.4 Å². The summed E-state index contributed by atoms with van der Waals surface area (Å²) in [5, 5.41) is 12.5. The van der Waals surface area contributed by atoms with Gasteiger partial charge in [0.05, 0.1) is 6.61 Å². The Morgan fingerprint density at radius 2 is 2.06 bits per heavy atom. The largest absolute Gasteiger partial charge is 0.395 e. The standard InChI is InChI=1S/C13H19BrFNO/c1-9(2)3-13(8-17)16-7-10-4-11(14)6-12(15)5-10/h4-6,9,13,16-17H,3,7-8H2,1-2H3. The van der Waals surface area contributed by atoms with Crippen LogP contribution in [0.1, 0.15) is 25.8 Å². The predicted octanol–water partition coefficient (Wildman–Crippen LogP) is 3.08. The van der Waals surface area contributed by atoms with Crippen molar-refractivity contribution in [2.45, 2.75) is 32.9 Å². The Morgan fingerprint density at radius 1 is 1.35 bits per heavy atom. The summed E-state index contributed by atoms with van der Waals surface area (Å²) in [5.74, 6) is 0.277. The van der Waals surface area contributed by atoms with Gasteiger partial charge in [0.15, 0.2) is 0 Å². The number of rotatable bonds is 6. The summed E-state index contributed by atoms with van der Waals surface area (Å²) in [4.78, 5) is 0. The lowest BCUT2D eigenvalue weighted by Gasteiger charge is -2.18. The maximum absolute atomic E-state index is 13.1. The van der Waals surface area contributed by atoms with Crippen LogP contribution in [0, 0.1) is 11.7 Å². The number of hydrogen-bond acceptors (Lipinski definition) is 2. The molecule has 0 aliphatic carbocycles. The lowest BCUT2D eigenvalue weighted by atomic mass is 10.0. The predicted molar refractivity (Wildman–Crippen MR) is 71.3 cm³/mol. The summed E-state index contributed by atoms with van der Waals surface area (Å²) in [6, 6.07) is 4.87. The molecule has 1 unspecified atom stereocenters. The molecule has 0 aliphatic heterocycles. The number of benzene rings is 1. The highest BCUT2D eigenvalue weighted by molar-refractivity contribution is 9.10. The first kappa shape index (κ1) is 14.6. The molecule has 0 amide bonds. The zero-order valence-electron chi connectivity index (χ0n) is 10.2. The molecule has 2 nitrogen and oxygen atoms in total. The van der Waals surface area contributed by atoms with E-state index in [1.807, 2.05) is 6.07 Å². The van der Waals surface area contributed by atoms with Crippen LogP contribution in [0.3, 0.4) is 0 Å². The Kier molecular flexibility index (Phi) is 6.09. The fourth-order valence-electron chi connectivity index (χ4n) is 1.77. The summed E-state index contributed by atoms with van der Waals surface area (Å²) in [6.45, 7) is 4.90. The maximum Gasteiger partial charge on any atom is 0.124 e. The number of aliphatic hydroxyl groups is 1. The molecular weight excluding hydrogens is 285 g/mol. The van der Waals surface area contributed by atoms with Crippen molar-refractivity contribution in [3.63, 3.8) is 0 Å². The van der Waals surface area contributed by atoms with E-state index in [4.69, 9.17) is 0 Å². The Labute approximate surface area is 110 Å². The van der Waals surface area contributed by atoms with Crippen LogP contribution in [0.5, 0.6) is 0 Å². The fraction of sp³-hybridized carbons (Fsp3) is 0.538. The number of nitrogens with one attached hydrogen (secondary N) is 1. The minimum atomic E-state index is -0.249. The average molecular weight is 304 g/mol. The zero-order valence-corrected chi connectivity index (χ0v) is 11.8. The number of halogens is 2. The Bertz CT molecular complexity index is 337. The van der Waals surface area contributed by atoms with Crippen LogP contribution < -0.4 is 5.32 Å². The minimum Gasteiger partial charge on any atom is -0.395 e. The highest BCUT2D eigenvalue weighted by Gasteiger charge is 2.09. The quantitative estimate of drug-likeness (QED) is 0.846. The topological polar surface area (TPSA) is 32.3 Å². The van der Waals surface area contributed by atoms with Gasteiger partial charge >= 0.3 is 0 Å². The molecule has 96 valence electrons. The molecule has 0 bridgehead atoms. The van der Waals surface area contributed by atoms with Crippen molar-refractivity contribution in [1.82, 2.24) is 5.32 Å². The molecule has 1 aromatic carbocycles. The molecule has 0 saturated carbocycles. The van der Waals surface area contributed by atoms with E-state index in [0.29, 0.717) is 12.5 Å². The Morgan fingerprint density at radius 3 is 2.59 bits per heavy atom. The van der Waals surface area contributed by atoms with Gasteiger partial charge in [0, 0.05) is 17.1 Å². The molecule has 0 aromatic heterocycles. The second-order valence-electron chi connectivity index (χ2n) is 4.67. The van der Waals surface area contributed by atoms with Crippen molar-refractivity contribution in [2.24, 2.45) is 5.92 Å². The van der Waals surface area contributed by atoms with Crippen LogP contribution in [0.25, 0.3) is 0 Å². The van der Waals surface area contributed by atoms with Gasteiger partial charge in [-0.2, -0.15) is 0 Å². The molecule has 0 heterocycles. The fourth-order valence-corrected chi connectivity index (χ4v) is 2.28. The van der Waals surface area contributed by atoms with Crippen molar-refractivity contribution in [3.8, 4) is 0 Å². The van der Waals surface area contributed by atoms with Gasteiger partial charge in [0.1, 0.15) is 5.82 Å². The van der Waals surface area contributed by atoms with Gasteiger partial charge in [-0.05, 0) is 36.1 Å². The maximum atomic E-state index is 13.1. The van der Waals surface area contributed by atoms with Gasteiger partial charge in [-0.3, -0.25) is 0 Å². The van der Waals surface area contributed by atoms with E-state index in [0.717, 1.165) is 16.5 Å². The average Bonchev–Trinajstić information content (AvgIpc) is 2.22. The molecule has 0 radical (unpaired) electrons. The van der Waals surface area contributed by atoms with Gasteiger partial charge in [0.25, 0.3) is 0 Å². The van der Waals surface area contributed by atoms with Crippen molar-refractivity contribution >= 4 is 15.9 Å². The van der Waals surface area contributed by atoms with Crippen LogP contribution >= 0.6 is 15.9 Å². The second kappa shape index (κ2) is 7.09. The van der Waals surface area contributed by atoms with Crippen LogP contribution in [-0.4, -0.2) is 17.8 Å². The molecule has 2 N–H and O–H groups in total. The summed E-state index contributed by atoms with van der Waals surface area (Å²) < 4.78 is 13.9. The van der Waals surface area contributed by atoms with E-state index in [-0.39, 0.29) is 18.5 Å². The highest BCUT2D eigenvalue weighted by atomic mass is 79.9. The summed E-state index contributed by atoms with van der Waals surface area (Å²) in [5.41, 5.74) is 0.874. The molecule has 1 atom stereocenters. The highest BCUT2D eigenvalue weighted by Crippen LogP contribution is 2.15. The molecule has 0 fully saturated rings. The smallest absolute Gasteiger partial charge is 0.124 e. The van der Waals surface area contributed by atoms with E-state index < -0.39 is 0 Å². The molecule has 4 heteroatoms. The lowest BCUT2D eigenvalue weighted by Crippen LogP contribution is -2.33. The third-order valence-electron chi connectivity index (χ3n) is 2.49. The van der Waals surface area contributed by atoms with Gasteiger partial charge in [0.2, 0.25) is 0 Å². The van der Waals surface area contributed by atoms with Crippen molar-refractivity contribution < 1.29 is 9.50 Å². The first-order valence-electron chi connectivity index (χ1n) is 5.80. The molecule has 1 aromatic rings. The molecular formula is C13H19BrFNO. The molecule has 1 rings (SSSR count). The van der Waals surface area contributed by atoms with E-state index in [1.54, 1.807) is 0 Å². The zero-order chi connectivity index (χ0) is 12.8. The molecule has 0 aliphatic rings. The third-order valence-corrected chi connectivity index (χ3v) is 2.95. The molecule has 0 spiro atoms. The Hall–Kier alpha value is -0.450. The normalized spacial score (nSPS) is 13.1. The second-order valence-corrected chi connectivity index (χ2v) is 5.58. The van der Waals surface area contributed by atoms with Gasteiger partial charge in [-0.15, -0.1) is 0 Å². The van der Waals surface area contributed by atoms with Gasteiger partial charge in [-0.25, -0.2) is 4.39 Å². The van der Waals surface area contributed by atoms with Crippen molar-refractivity contribution in [1.29, 1.82) is 0 Å². The van der Waals surface area contributed by atoms with Crippen molar-refractivity contribution in [3.05, 3.63) is 34.1 Å². The summed E-state index contributed by atoms with van der Waals surface area (Å²) in [7, 11) is 0. The SMILES string of the molecule is CC(C)CC(CO)NCc1cc(F)cc(Br)c1. The third kappa shape index (κ3) is 5.61. The summed E-state index contributed by atoms with van der Waals surface area (Å²) >= 11 is 3.26. The monoisotopic (exact) mass is 303 g/mol. The first-order valence-corrected chi connectivity index (χ1v) is 6.59. The number of hydrogen-bond donors (Lipinski definition) is 2. The van der Waals surface area contributed by atoms with Crippen LogP contribution in [0.15, 0.2) is 22.7 Å². The van der Waals surface area contributed by atoms with E-state index in [9.17, 15) is 9.50 Å². The Balaban J connectivity index is 2.53. The van der Waals surface area contributed by atoms with E-state index in [1.165, 1.54) is 12.1 Å². The minimum absolute atomic E-state index is 0.0667. The van der Waals surface area contributed by atoms with Crippen molar-refractivity contribution in [2.75, 3.05) is 6.61 Å². The molecule has 0 saturated heterocycles. The van der Waals surface area contributed by atoms with Crippen LogP contribution in [0.4, 0.5) is 4.39 Å². The van der Waals surface area contributed by atoms with E-state index in [2.05, 4.69) is 35.1 Å².